The minimum Gasteiger partial charge on any atom is -0.497 e. The number of nitrogens with zero attached hydrogens (tertiary/aromatic N) is 1. The Labute approximate surface area is 112 Å². The van der Waals surface area contributed by atoms with Crippen LogP contribution in [0.3, 0.4) is 0 Å². The molecule has 4 aromatic rings. The van der Waals surface area contributed by atoms with E-state index < -0.39 is 0 Å². The number of aryl methyl sites for hydroxylation is 1. The smallest absolute Gasteiger partial charge is 0.258 e. The lowest BCUT2D eigenvalue weighted by atomic mass is 10.1. The van der Waals surface area contributed by atoms with Crippen molar-refractivity contribution in [2.24, 2.45) is 0 Å². The summed E-state index contributed by atoms with van der Waals surface area (Å²) in [6.45, 7) is 1.82. The van der Waals surface area contributed by atoms with Gasteiger partial charge >= 0.3 is 0 Å². The summed E-state index contributed by atoms with van der Waals surface area (Å²) in [5.41, 5.74) is 2.52. The SMILES string of the molecule is COc1ccc2c(c1)[nH]c(=O)c1c2[nH]c2onc(C)c21. The molecule has 6 heteroatoms. The molecule has 100 valence electrons. The van der Waals surface area contributed by atoms with Gasteiger partial charge in [-0.25, -0.2) is 0 Å². The van der Waals surface area contributed by atoms with Gasteiger partial charge in [0.15, 0.2) is 0 Å². The van der Waals surface area contributed by atoms with Crippen LogP contribution in [-0.4, -0.2) is 22.2 Å². The number of H-pyrrole nitrogens is 2. The molecule has 6 nitrogen and oxygen atoms in total. The summed E-state index contributed by atoms with van der Waals surface area (Å²) in [4.78, 5) is 18.3. The summed E-state index contributed by atoms with van der Waals surface area (Å²) in [6.07, 6.45) is 0. The van der Waals surface area contributed by atoms with E-state index >= 15 is 0 Å². The highest BCUT2D eigenvalue weighted by Gasteiger charge is 2.17. The third-order valence-electron chi connectivity index (χ3n) is 3.57. The predicted octanol–water partition coefficient (Wildman–Crippen LogP) is 2.47. The van der Waals surface area contributed by atoms with Crippen LogP contribution < -0.4 is 10.3 Å². The van der Waals surface area contributed by atoms with Crippen molar-refractivity contribution in [1.29, 1.82) is 0 Å². The van der Waals surface area contributed by atoms with Crippen LogP contribution in [-0.2, 0) is 0 Å². The molecule has 0 fully saturated rings. The largest absolute Gasteiger partial charge is 0.497 e. The zero-order chi connectivity index (χ0) is 13.9. The molecule has 4 rings (SSSR count). The fourth-order valence-corrected chi connectivity index (χ4v) is 2.64. The van der Waals surface area contributed by atoms with Crippen molar-refractivity contribution in [3.8, 4) is 5.75 Å². The van der Waals surface area contributed by atoms with Crippen molar-refractivity contribution in [3.05, 3.63) is 34.2 Å². The van der Waals surface area contributed by atoms with E-state index in [4.69, 9.17) is 9.26 Å². The number of hydrogen-bond acceptors (Lipinski definition) is 4. The van der Waals surface area contributed by atoms with E-state index in [0.29, 0.717) is 22.5 Å². The van der Waals surface area contributed by atoms with Gasteiger partial charge < -0.3 is 19.2 Å². The first kappa shape index (κ1) is 11.1. The van der Waals surface area contributed by atoms with Gasteiger partial charge in [-0.3, -0.25) is 4.79 Å². The van der Waals surface area contributed by atoms with Gasteiger partial charge in [0.2, 0.25) is 5.71 Å². The Hall–Kier alpha value is -2.76. The highest BCUT2D eigenvalue weighted by molar-refractivity contribution is 6.15. The average Bonchev–Trinajstić information content (AvgIpc) is 2.99. The van der Waals surface area contributed by atoms with Crippen molar-refractivity contribution >= 4 is 32.9 Å². The van der Waals surface area contributed by atoms with Gasteiger partial charge in [0.25, 0.3) is 5.56 Å². The Balaban J connectivity index is 2.27. The number of ether oxygens (including phenoxy) is 1. The molecule has 0 radical (unpaired) electrons. The summed E-state index contributed by atoms with van der Waals surface area (Å²) in [5, 5.41) is 6.10. The van der Waals surface area contributed by atoms with Crippen LogP contribution in [0.1, 0.15) is 5.69 Å². The second-order valence-electron chi connectivity index (χ2n) is 4.71. The number of benzene rings is 1. The zero-order valence-corrected chi connectivity index (χ0v) is 10.9. The summed E-state index contributed by atoms with van der Waals surface area (Å²) in [5.74, 6) is 0.695. The fraction of sp³-hybridized carbons (Fsp3) is 0.143. The maximum absolute atomic E-state index is 12.3. The molecule has 1 aromatic carbocycles. The number of fused-ring (bicyclic) bond motifs is 5. The van der Waals surface area contributed by atoms with Gasteiger partial charge in [0.1, 0.15) is 5.75 Å². The minimum atomic E-state index is -0.168. The molecule has 0 aliphatic rings. The number of rotatable bonds is 1. The minimum absolute atomic E-state index is 0.168. The number of aromatic nitrogens is 3. The molecule has 0 unspecified atom stereocenters. The Kier molecular flexibility index (Phi) is 2.01. The van der Waals surface area contributed by atoms with Gasteiger partial charge in [-0.15, -0.1) is 0 Å². The van der Waals surface area contributed by atoms with Gasteiger partial charge in [-0.05, 0) is 19.1 Å². The van der Waals surface area contributed by atoms with Crippen molar-refractivity contribution in [3.63, 3.8) is 0 Å². The van der Waals surface area contributed by atoms with Crippen molar-refractivity contribution in [1.82, 2.24) is 15.1 Å². The van der Waals surface area contributed by atoms with E-state index in [2.05, 4.69) is 15.1 Å². The maximum Gasteiger partial charge on any atom is 0.258 e. The Morgan fingerprint density at radius 1 is 1.25 bits per heavy atom. The second-order valence-corrected chi connectivity index (χ2v) is 4.71. The van der Waals surface area contributed by atoms with Crippen molar-refractivity contribution in [2.75, 3.05) is 7.11 Å². The number of hydrogen-bond donors (Lipinski definition) is 2. The van der Waals surface area contributed by atoms with Crippen LogP contribution in [0.15, 0.2) is 27.5 Å². The molecule has 3 heterocycles. The van der Waals surface area contributed by atoms with Gasteiger partial charge in [-0.2, -0.15) is 0 Å². The van der Waals surface area contributed by atoms with Gasteiger partial charge in [0, 0.05) is 11.5 Å². The molecule has 0 bridgehead atoms. The topological polar surface area (TPSA) is 83.9 Å². The lowest BCUT2D eigenvalue weighted by Crippen LogP contribution is -2.05. The third-order valence-corrected chi connectivity index (χ3v) is 3.57. The number of pyridine rings is 1. The normalized spacial score (nSPS) is 11.7. The van der Waals surface area contributed by atoms with Crippen LogP contribution in [0.2, 0.25) is 0 Å². The molecule has 20 heavy (non-hydrogen) atoms. The molecule has 0 atom stereocenters. The maximum atomic E-state index is 12.3. The molecule has 0 amide bonds. The molecule has 3 aromatic heterocycles. The molecule has 0 saturated heterocycles. The van der Waals surface area contributed by atoms with Crippen LogP contribution in [0.4, 0.5) is 0 Å². The summed E-state index contributed by atoms with van der Waals surface area (Å²) >= 11 is 0. The third kappa shape index (κ3) is 1.27. The Morgan fingerprint density at radius 3 is 2.90 bits per heavy atom. The molecule has 0 spiro atoms. The van der Waals surface area contributed by atoms with E-state index in [1.807, 2.05) is 19.1 Å². The Morgan fingerprint density at radius 2 is 2.10 bits per heavy atom. The first-order valence-electron chi connectivity index (χ1n) is 6.16. The van der Waals surface area contributed by atoms with Crippen LogP contribution in [0.5, 0.6) is 5.75 Å². The van der Waals surface area contributed by atoms with Gasteiger partial charge in [-0.1, -0.05) is 5.16 Å². The lowest BCUT2D eigenvalue weighted by molar-refractivity contribution is 0.415. The highest BCUT2D eigenvalue weighted by Crippen LogP contribution is 2.30. The van der Waals surface area contributed by atoms with E-state index in [0.717, 1.165) is 21.8 Å². The molecular formula is C14H11N3O3. The first-order chi connectivity index (χ1) is 9.69. The lowest BCUT2D eigenvalue weighted by Gasteiger charge is -2.03. The van der Waals surface area contributed by atoms with Crippen LogP contribution in [0, 0.1) is 6.92 Å². The molecule has 0 aliphatic carbocycles. The van der Waals surface area contributed by atoms with Gasteiger partial charge in [0.05, 0.1) is 34.6 Å². The van der Waals surface area contributed by atoms with Crippen LogP contribution >= 0.6 is 0 Å². The van der Waals surface area contributed by atoms with Crippen LogP contribution in [0.25, 0.3) is 32.9 Å². The zero-order valence-electron chi connectivity index (χ0n) is 10.9. The van der Waals surface area contributed by atoms with E-state index in [1.54, 1.807) is 13.2 Å². The molecule has 0 aliphatic heterocycles. The summed E-state index contributed by atoms with van der Waals surface area (Å²) in [7, 11) is 1.59. The van der Waals surface area contributed by atoms with E-state index in [-0.39, 0.29) is 5.56 Å². The monoisotopic (exact) mass is 269 g/mol. The Bertz CT molecular complexity index is 1020. The van der Waals surface area contributed by atoms with Crippen molar-refractivity contribution in [2.45, 2.75) is 6.92 Å². The average molecular weight is 269 g/mol. The molecule has 2 N–H and O–H groups in total. The quantitative estimate of drug-likeness (QED) is 0.556. The molecule has 0 saturated carbocycles. The molecular weight excluding hydrogens is 258 g/mol. The summed E-state index contributed by atoms with van der Waals surface area (Å²) in [6, 6.07) is 5.56. The van der Waals surface area contributed by atoms with Crippen molar-refractivity contribution < 1.29 is 9.26 Å². The summed E-state index contributed by atoms with van der Waals surface area (Å²) < 4.78 is 10.4. The second kappa shape index (κ2) is 3.63. The number of nitrogens with one attached hydrogen (secondary N) is 2. The highest BCUT2D eigenvalue weighted by atomic mass is 16.5. The number of methoxy groups -OCH3 is 1. The number of aromatic amines is 2. The fourth-order valence-electron chi connectivity index (χ4n) is 2.64. The first-order valence-corrected chi connectivity index (χ1v) is 6.16. The predicted molar refractivity (Wildman–Crippen MR) is 75.3 cm³/mol. The van der Waals surface area contributed by atoms with E-state index in [1.165, 1.54) is 0 Å². The van der Waals surface area contributed by atoms with E-state index in [9.17, 15) is 4.79 Å². The standard InChI is InChI=1S/C14H11N3O3/c1-6-10-11-12(16-14(10)20-17-6)8-4-3-7(19-2)5-9(8)15-13(11)18/h3-5,16H,1-2H3,(H,15,18).